The number of hydrogen-bond donors (Lipinski definition) is 0. The molecule has 3 rings (SSSR count). The van der Waals surface area contributed by atoms with Crippen molar-refractivity contribution in [3.8, 4) is 11.8 Å². The van der Waals surface area contributed by atoms with E-state index in [2.05, 4.69) is 23.1 Å². The molecule has 0 radical (unpaired) electrons. The summed E-state index contributed by atoms with van der Waals surface area (Å²) < 4.78 is 5.55. The number of hydrogen-bond acceptors (Lipinski definition) is 3. The molecule has 0 bridgehead atoms. The van der Waals surface area contributed by atoms with E-state index >= 15 is 0 Å². The van der Waals surface area contributed by atoms with Crippen molar-refractivity contribution in [2.75, 3.05) is 25.1 Å². The van der Waals surface area contributed by atoms with Crippen LogP contribution < -0.4 is 9.64 Å². The number of nitrogens with zero attached hydrogens (tertiary/aromatic N) is 2. The maximum atomic E-state index is 9.46. The fraction of sp³-hybridized carbons (Fsp3) is 0.250. The van der Waals surface area contributed by atoms with Gasteiger partial charge in [-0.05, 0) is 36.6 Å². The van der Waals surface area contributed by atoms with Crippen molar-refractivity contribution in [3.05, 3.63) is 59.7 Å². The second-order valence-electron chi connectivity index (χ2n) is 5.66. The Kier molecular flexibility index (Phi) is 4.63. The van der Waals surface area contributed by atoms with Crippen LogP contribution in [0.25, 0.3) is 11.6 Å². The van der Waals surface area contributed by atoms with E-state index in [0.29, 0.717) is 5.57 Å². The summed E-state index contributed by atoms with van der Waals surface area (Å²) in [5, 5.41) is 9.46. The molecule has 1 aliphatic heterocycles. The zero-order valence-corrected chi connectivity index (χ0v) is 13.3. The maximum absolute atomic E-state index is 9.46. The first-order chi connectivity index (χ1) is 11.3. The van der Waals surface area contributed by atoms with E-state index in [9.17, 15) is 5.26 Å². The number of nitriles is 1. The van der Waals surface area contributed by atoms with Crippen LogP contribution >= 0.6 is 0 Å². The van der Waals surface area contributed by atoms with Gasteiger partial charge in [-0.15, -0.1) is 0 Å². The summed E-state index contributed by atoms with van der Waals surface area (Å²) in [7, 11) is 1.68. The molecule has 0 N–H and O–H groups in total. The molecule has 0 saturated carbocycles. The fourth-order valence-corrected chi connectivity index (χ4v) is 2.94. The topological polar surface area (TPSA) is 36.3 Å². The van der Waals surface area contributed by atoms with Gasteiger partial charge in [0.2, 0.25) is 0 Å². The van der Waals surface area contributed by atoms with E-state index in [0.717, 1.165) is 30.0 Å². The highest BCUT2D eigenvalue weighted by atomic mass is 16.5. The van der Waals surface area contributed by atoms with Crippen molar-refractivity contribution >= 4 is 17.3 Å². The average Bonchev–Trinajstić information content (AvgIpc) is 3.15. The lowest BCUT2D eigenvalue weighted by Gasteiger charge is -2.19. The highest BCUT2D eigenvalue weighted by Crippen LogP contribution is 2.30. The molecule has 3 heteroatoms. The van der Waals surface area contributed by atoms with Crippen LogP contribution in [-0.2, 0) is 0 Å². The van der Waals surface area contributed by atoms with Crippen LogP contribution in [0.5, 0.6) is 5.75 Å². The highest BCUT2D eigenvalue weighted by Gasteiger charge is 2.14. The van der Waals surface area contributed by atoms with Gasteiger partial charge in [-0.3, -0.25) is 0 Å². The number of anilines is 1. The van der Waals surface area contributed by atoms with E-state index in [1.165, 1.54) is 18.5 Å². The predicted octanol–water partition coefficient (Wildman–Crippen LogP) is 4.36. The minimum Gasteiger partial charge on any atom is -0.496 e. The van der Waals surface area contributed by atoms with Crippen molar-refractivity contribution in [1.82, 2.24) is 0 Å². The molecule has 1 aliphatic rings. The van der Waals surface area contributed by atoms with E-state index in [-0.39, 0.29) is 0 Å². The monoisotopic (exact) mass is 304 g/mol. The fourth-order valence-electron chi connectivity index (χ4n) is 2.94. The number of allylic oxidation sites excluding steroid dienone is 1. The molecule has 0 aliphatic carbocycles. The third-order valence-corrected chi connectivity index (χ3v) is 4.19. The van der Waals surface area contributed by atoms with E-state index in [4.69, 9.17) is 4.74 Å². The minimum atomic E-state index is 0.637. The summed E-state index contributed by atoms with van der Waals surface area (Å²) in [6, 6.07) is 18.2. The van der Waals surface area contributed by atoms with Gasteiger partial charge in [-0.1, -0.05) is 30.3 Å². The molecule has 3 nitrogen and oxygen atoms in total. The lowest BCUT2D eigenvalue weighted by Crippen LogP contribution is -2.17. The molecule has 2 aromatic rings. The van der Waals surface area contributed by atoms with E-state index < -0.39 is 0 Å². The van der Waals surface area contributed by atoms with Gasteiger partial charge in [0.15, 0.2) is 0 Å². The van der Waals surface area contributed by atoms with E-state index in [1.807, 2.05) is 42.5 Å². The molecule has 0 spiro atoms. The van der Waals surface area contributed by atoms with Crippen molar-refractivity contribution in [2.45, 2.75) is 12.8 Å². The smallest absolute Gasteiger partial charge is 0.128 e. The van der Waals surface area contributed by atoms with Gasteiger partial charge < -0.3 is 9.64 Å². The highest BCUT2D eigenvalue weighted by molar-refractivity contribution is 5.90. The number of rotatable bonds is 4. The first-order valence-corrected chi connectivity index (χ1v) is 7.92. The molecule has 1 fully saturated rings. The lowest BCUT2D eigenvalue weighted by molar-refractivity contribution is 0.414. The second-order valence-corrected chi connectivity index (χ2v) is 5.66. The first-order valence-electron chi connectivity index (χ1n) is 7.92. The standard InChI is InChI=1S/C20H20N2O/c1-23-20-14-19(22-11-5-6-12-22)10-9-17(20)13-18(15-21)16-7-3-2-4-8-16/h2-4,7-10,13-14H,5-6,11-12H2,1H3. The Balaban J connectivity index is 1.95. The molecular weight excluding hydrogens is 284 g/mol. The van der Waals surface area contributed by atoms with Gasteiger partial charge in [0.05, 0.1) is 18.8 Å². The Hall–Kier alpha value is -2.73. The summed E-state index contributed by atoms with van der Waals surface area (Å²) in [5.41, 5.74) is 3.67. The zero-order valence-electron chi connectivity index (χ0n) is 13.3. The Labute approximate surface area is 137 Å². The van der Waals surface area contributed by atoms with Crippen LogP contribution in [0.15, 0.2) is 48.5 Å². The quantitative estimate of drug-likeness (QED) is 0.622. The van der Waals surface area contributed by atoms with Crippen molar-refractivity contribution in [3.63, 3.8) is 0 Å². The Morgan fingerprint density at radius 2 is 1.87 bits per heavy atom. The lowest BCUT2D eigenvalue weighted by atomic mass is 10.0. The van der Waals surface area contributed by atoms with Gasteiger partial charge in [0.25, 0.3) is 0 Å². The predicted molar refractivity (Wildman–Crippen MR) is 94.4 cm³/mol. The Morgan fingerprint density at radius 3 is 2.52 bits per heavy atom. The summed E-state index contributed by atoms with van der Waals surface area (Å²) in [5.74, 6) is 0.804. The SMILES string of the molecule is COc1cc(N2CCCC2)ccc1C=C(C#N)c1ccccc1. The van der Waals surface area contributed by atoms with Gasteiger partial charge in [-0.2, -0.15) is 5.26 Å². The molecule has 23 heavy (non-hydrogen) atoms. The summed E-state index contributed by atoms with van der Waals surface area (Å²) in [6.07, 6.45) is 4.38. The Morgan fingerprint density at radius 1 is 1.13 bits per heavy atom. The van der Waals surface area contributed by atoms with Crippen LogP contribution in [0.2, 0.25) is 0 Å². The van der Waals surface area contributed by atoms with Crippen molar-refractivity contribution in [2.24, 2.45) is 0 Å². The molecule has 0 amide bonds. The van der Waals surface area contributed by atoms with Gasteiger partial charge in [0, 0.05) is 30.4 Å². The Bertz CT molecular complexity index is 738. The summed E-state index contributed by atoms with van der Waals surface area (Å²) >= 11 is 0. The van der Waals surface area contributed by atoms with Crippen LogP contribution in [-0.4, -0.2) is 20.2 Å². The molecular formula is C20H20N2O. The largest absolute Gasteiger partial charge is 0.496 e. The maximum Gasteiger partial charge on any atom is 0.128 e. The van der Waals surface area contributed by atoms with E-state index in [1.54, 1.807) is 7.11 Å². The normalized spacial score (nSPS) is 14.6. The van der Waals surface area contributed by atoms with Gasteiger partial charge >= 0.3 is 0 Å². The van der Waals surface area contributed by atoms with Crippen LogP contribution in [0.1, 0.15) is 24.0 Å². The van der Waals surface area contributed by atoms with Crippen LogP contribution in [0, 0.1) is 11.3 Å². The summed E-state index contributed by atoms with van der Waals surface area (Å²) in [6.45, 7) is 2.21. The second kappa shape index (κ2) is 7.02. The van der Waals surface area contributed by atoms with Crippen LogP contribution in [0.4, 0.5) is 5.69 Å². The first kappa shape index (κ1) is 15.2. The number of methoxy groups -OCH3 is 1. The van der Waals surface area contributed by atoms with Crippen LogP contribution in [0.3, 0.4) is 0 Å². The number of ether oxygens (including phenoxy) is 1. The molecule has 1 heterocycles. The minimum absolute atomic E-state index is 0.637. The van der Waals surface area contributed by atoms with Crippen molar-refractivity contribution in [1.29, 1.82) is 5.26 Å². The molecule has 2 aromatic carbocycles. The van der Waals surface area contributed by atoms with Crippen molar-refractivity contribution < 1.29 is 4.74 Å². The average molecular weight is 304 g/mol. The summed E-state index contributed by atoms with van der Waals surface area (Å²) in [4.78, 5) is 2.37. The molecule has 0 atom stereocenters. The van der Waals surface area contributed by atoms with Gasteiger partial charge in [0.1, 0.15) is 5.75 Å². The zero-order chi connectivity index (χ0) is 16.1. The molecule has 0 aromatic heterocycles. The molecule has 116 valence electrons. The van der Waals surface area contributed by atoms with Gasteiger partial charge in [-0.25, -0.2) is 0 Å². The third kappa shape index (κ3) is 3.37. The molecule has 1 saturated heterocycles. The third-order valence-electron chi connectivity index (χ3n) is 4.19. The number of benzene rings is 2. The molecule has 0 unspecified atom stereocenters.